The minimum absolute atomic E-state index is 0.259. The van der Waals surface area contributed by atoms with Crippen molar-refractivity contribution in [1.29, 1.82) is 0 Å². The maximum Gasteiger partial charge on any atom is 0.363 e. The summed E-state index contributed by atoms with van der Waals surface area (Å²) >= 11 is 0. The van der Waals surface area contributed by atoms with Crippen LogP contribution in [0.15, 0.2) is 71.4 Å². The van der Waals surface area contributed by atoms with Crippen molar-refractivity contribution in [2.45, 2.75) is 6.92 Å². The highest BCUT2D eigenvalue weighted by Gasteiger charge is 2.24. The van der Waals surface area contributed by atoms with Gasteiger partial charge in [-0.15, -0.1) is 0 Å². The molecule has 4 heteroatoms. The van der Waals surface area contributed by atoms with Gasteiger partial charge in [0.05, 0.1) is 7.11 Å². The van der Waals surface area contributed by atoms with E-state index in [1.807, 2.05) is 67.6 Å². The average molecular weight is 343 g/mol. The van der Waals surface area contributed by atoms with Crippen LogP contribution in [-0.2, 0) is 9.53 Å². The Balaban J connectivity index is 1.82. The maximum absolute atomic E-state index is 12.3. The number of carbonyl (C=O) groups is 1. The molecule has 0 saturated heterocycles. The van der Waals surface area contributed by atoms with Gasteiger partial charge in [0.15, 0.2) is 5.70 Å². The van der Waals surface area contributed by atoms with Gasteiger partial charge in [0, 0.05) is 11.1 Å². The van der Waals surface area contributed by atoms with Gasteiger partial charge in [-0.05, 0) is 42.0 Å². The van der Waals surface area contributed by atoms with Crippen molar-refractivity contribution in [3.63, 3.8) is 0 Å². The van der Waals surface area contributed by atoms with Crippen molar-refractivity contribution in [3.8, 4) is 5.75 Å². The highest BCUT2D eigenvalue weighted by atomic mass is 16.6. The van der Waals surface area contributed by atoms with Crippen LogP contribution in [-0.4, -0.2) is 19.0 Å². The molecule has 0 aromatic heterocycles. The number of nitrogens with zero attached hydrogens (tertiary/aromatic N) is 1. The second-order valence-corrected chi connectivity index (χ2v) is 6.10. The van der Waals surface area contributed by atoms with Crippen molar-refractivity contribution in [2.24, 2.45) is 4.99 Å². The van der Waals surface area contributed by atoms with Gasteiger partial charge >= 0.3 is 5.97 Å². The van der Waals surface area contributed by atoms with Crippen molar-refractivity contribution < 1.29 is 14.3 Å². The molecule has 0 saturated carbocycles. The number of fused-ring (bicyclic) bond motifs is 1. The number of hydrogen-bond acceptors (Lipinski definition) is 4. The number of esters is 1. The lowest BCUT2D eigenvalue weighted by molar-refractivity contribution is -0.129. The zero-order chi connectivity index (χ0) is 18.1. The molecule has 1 heterocycles. The topological polar surface area (TPSA) is 47.9 Å². The number of aryl methyl sites for hydroxylation is 1. The molecule has 3 aromatic carbocycles. The molecule has 0 unspecified atom stereocenters. The van der Waals surface area contributed by atoms with Crippen molar-refractivity contribution in [2.75, 3.05) is 7.11 Å². The summed E-state index contributed by atoms with van der Waals surface area (Å²) in [7, 11) is 1.61. The first kappa shape index (κ1) is 16.1. The molecular weight excluding hydrogens is 326 g/mol. The number of benzene rings is 3. The maximum atomic E-state index is 12.3. The van der Waals surface area contributed by atoms with Gasteiger partial charge in [0.1, 0.15) is 5.75 Å². The fourth-order valence-corrected chi connectivity index (χ4v) is 2.97. The average Bonchev–Trinajstić information content (AvgIpc) is 3.03. The van der Waals surface area contributed by atoms with Crippen molar-refractivity contribution in [3.05, 3.63) is 83.1 Å². The molecule has 1 aliphatic rings. The number of aliphatic imine (C=N–C) groups is 1. The van der Waals surface area contributed by atoms with E-state index in [1.54, 1.807) is 13.2 Å². The first-order valence-electron chi connectivity index (χ1n) is 8.31. The summed E-state index contributed by atoms with van der Waals surface area (Å²) in [6.07, 6.45) is 1.73. The largest absolute Gasteiger partial charge is 0.496 e. The minimum Gasteiger partial charge on any atom is -0.496 e. The molecule has 3 aromatic rings. The molecule has 4 rings (SSSR count). The van der Waals surface area contributed by atoms with Gasteiger partial charge in [0.2, 0.25) is 5.90 Å². The zero-order valence-corrected chi connectivity index (χ0v) is 14.5. The molecule has 0 radical (unpaired) electrons. The zero-order valence-electron chi connectivity index (χ0n) is 14.5. The SMILES string of the molecule is COc1ccc2ccccc2c1/C=C1\N=C(c2ccc(C)cc2)OC1=O. The Bertz CT molecular complexity index is 1060. The summed E-state index contributed by atoms with van der Waals surface area (Å²) in [5.74, 6) is 0.541. The molecule has 0 atom stereocenters. The van der Waals surface area contributed by atoms with Crippen LogP contribution in [0.25, 0.3) is 16.8 Å². The van der Waals surface area contributed by atoms with Crippen molar-refractivity contribution >= 4 is 28.7 Å². The summed E-state index contributed by atoms with van der Waals surface area (Å²) < 4.78 is 10.8. The smallest absolute Gasteiger partial charge is 0.363 e. The summed E-state index contributed by atoms with van der Waals surface area (Å²) in [5.41, 5.74) is 2.98. The predicted molar refractivity (Wildman–Crippen MR) is 102 cm³/mol. The first-order chi connectivity index (χ1) is 12.7. The third-order valence-corrected chi connectivity index (χ3v) is 4.35. The van der Waals surface area contributed by atoms with Gasteiger partial charge in [0.25, 0.3) is 0 Å². The van der Waals surface area contributed by atoms with Gasteiger partial charge in [-0.3, -0.25) is 0 Å². The van der Waals surface area contributed by atoms with E-state index in [9.17, 15) is 4.79 Å². The number of carbonyl (C=O) groups excluding carboxylic acids is 1. The molecule has 1 aliphatic heterocycles. The van der Waals surface area contributed by atoms with Gasteiger partial charge in [-0.2, -0.15) is 0 Å². The lowest BCUT2D eigenvalue weighted by Crippen LogP contribution is -2.05. The van der Waals surface area contributed by atoms with Crippen LogP contribution in [0, 0.1) is 6.92 Å². The second kappa shape index (κ2) is 6.48. The first-order valence-corrected chi connectivity index (χ1v) is 8.31. The van der Waals surface area contributed by atoms with E-state index < -0.39 is 5.97 Å². The Morgan fingerprint density at radius 3 is 2.54 bits per heavy atom. The third-order valence-electron chi connectivity index (χ3n) is 4.35. The highest BCUT2D eigenvalue weighted by molar-refractivity contribution is 6.13. The molecule has 0 N–H and O–H groups in total. The molecule has 0 fully saturated rings. The van der Waals surface area contributed by atoms with E-state index in [0.717, 1.165) is 27.5 Å². The number of methoxy groups -OCH3 is 1. The Kier molecular flexibility index (Phi) is 4.01. The Morgan fingerprint density at radius 2 is 1.77 bits per heavy atom. The molecule has 0 bridgehead atoms. The van der Waals surface area contributed by atoms with Crippen LogP contribution in [0.2, 0.25) is 0 Å². The lowest BCUT2D eigenvalue weighted by Gasteiger charge is -2.08. The number of hydrogen-bond donors (Lipinski definition) is 0. The monoisotopic (exact) mass is 343 g/mol. The molecule has 0 aliphatic carbocycles. The Labute approximate surface area is 151 Å². The van der Waals surface area contributed by atoms with Gasteiger partial charge < -0.3 is 9.47 Å². The van der Waals surface area contributed by atoms with Gasteiger partial charge in [-0.25, -0.2) is 9.79 Å². The van der Waals surface area contributed by atoms with Crippen LogP contribution in [0.4, 0.5) is 0 Å². The summed E-state index contributed by atoms with van der Waals surface area (Å²) in [6.45, 7) is 2.00. The Hall–Kier alpha value is -3.40. The highest BCUT2D eigenvalue weighted by Crippen LogP contribution is 2.31. The molecule has 26 heavy (non-hydrogen) atoms. The van der Waals surface area contributed by atoms with Crippen LogP contribution >= 0.6 is 0 Å². The number of rotatable bonds is 3. The van der Waals surface area contributed by atoms with E-state index in [1.165, 1.54) is 0 Å². The lowest BCUT2D eigenvalue weighted by atomic mass is 10.0. The molecular formula is C22H17NO3. The molecule has 0 spiro atoms. The fourth-order valence-electron chi connectivity index (χ4n) is 2.97. The van der Waals surface area contributed by atoms with E-state index in [4.69, 9.17) is 9.47 Å². The van der Waals surface area contributed by atoms with Gasteiger partial charge in [-0.1, -0.05) is 48.0 Å². The number of cyclic esters (lactones) is 1. The fraction of sp³-hybridized carbons (Fsp3) is 0.0909. The van der Waals surface area contributed by atoms with Crippen molar-refractivity contribution in [1.82, 2.24) is 0 Å². The van der Waals surface area contributed by atoms with Crippen LogP contribution in [0.5, 0.6) is 5.75 Å². The van der Waals surface area contributed by atoms with Crippen LogP contribution in [0.3, 0.4) is 0 Å². The molecule has 4 nitrogen and oxygen atoms in total. The number of ether oxygens (including phenoxy) is 2. The quantitative estimate of drug-likeness (QED) is 0.519. The van der Waals surface area contributed by atoms with E-state index in [2.05, 4.69) is 4.99 Å². The summed E-state index contributed by atoms with van der Waals surface area (Å²) in [5, 5.41) is 2.06. The summed E-state index contributed by atoms with van der Waals surface area (Å²) in [6, 6.07) is 19.5. The molecule has 0 amide bonds. The van der Waals surface area contributed by atoms with E-state index >= 15 is 0 Å². The van der Waals surface area contributed by atoms with E-state index in [-0.39, 0.29) is 5.70 Å². The second-order valence-electron chi connectivity index (χ2n) is 6.10. The third kappa shape index (κ3) is 2.86. The Morgan fingerprint density at radius 1 is 1.00 bits per heavy atom. The van der Waals surface area contributed by atoms with Crippen LogP contribution in [0.1, 0.15) is 16.7 Å². The van der Waals surface area contributed by atoms with E-state index in [0.29, 0.717) is 11.6 Å². The summed E-state index contributed by atoms with van der Waals surface area (Å²) in [4.78, 5) is 16.7. The minimum atomic E-state index is -0.462. The van der Waals surface area contributed by atoms with Crippen LogP contribution < -0.4 is 4.74 Å². The normalized spacial score (nSPS) is 15.2. The molecule has 128 valence electrons. The standard InChI is InChI=1S/C22H17NO3/c1-14-7-9-16(10-8-14)21-23-19(22(24)26-21)13-18-17-6-4-3-5-15(17)11-12-20(18)25-2/h3-13H,1-2H3/b19-13-. The predicted octanol–water partition coefficient (Wildman–Crippen LogP) is 4.50.